The van der Waals surface area contributed by atoms with E-state index in [1.165, 1.54) is 12.6 Å². The second-order valence-electron chi connectivity index (χ2n) is 5.35. The number of nitrogens with one attached hydrogen (secondary N) is 1. The molecule has 0 unspecified atom stereocenters. The van der Waals surface area contributed by atoms with Gasteiger partial charge in [-0.3, -0.25) is 5.21 Å². The van der Waals surface area contributed by atoms with Gasteiger partial charge in [0, 0.05) is 17.6 Å². The highest BCUT2D eigenvalue weighted by molar-refractivity contribution is 6.31. The van der Waals surface area contributed by atoms with Crippen LogP contribution in [0.3, 0.4) is 0 Å². The number of aryl methyl sites for hydroxylation is 2. The minimum absolute atomic E-state index is 0.134. The number of ether oxygens (including phenoxy) is 1. The van der Waals surface area contributed by atoms with Gasteiger partial charge in [-0.1, -0.05) is 36.7 Å². The lowest BCUT2D eigenvalue weighted by atomic mass is 10.1. The van der Waals surface area contributed by atoms with E-state index in [-0.39, 0.29) is 12.3 Å². The van der Waals surface area contributed by atoms with Crippen LogP contribution >= 0.6 is 11.6 Å². The predicted octanol–water partition coefficient (Wildman–Crippen LogP) is 4.32. The van der Waals surface area contributed by atoms with E-state index in [0.29, 0.717) is 15.6 Å². The molecule has 2 aromatic rings. The Bertz CT molecular complexity index is 734. The van der Waals surface area contributed by atoms with Crippen LogP contribution in [0, 0.1) is 6.92 Å². The third kappa shape index (κ3) is 3.99. The van der Waals surface area contributed by atoms with Crippen LogP contribution in [-0.4, -0.2) is 18.3 Å². The number of carbonyl (C=O) groups excluding carboxylic acids is 1. The number of hydrogen-bond donors (Lipinski definition) is 2. The summed E-state index contributed by atoms with van der Waals surface area (Å²) in [5, 5.41) is 13.3. The Kier molecular flexibility index (Phi) is 6.06. The van der Waals surface area contributed by atoms with Crippen molar-refractivity contribution in [3.05, 3.63) is 58.1 Å². The zero-order chi connectivity index (χ0) is 17.7. The van der Waals surface area contributed by atoms with Gasteiger partial charge >= 0.3 is 6.03 Å². The smallest absolute Gasteiger partial charge is 0.345 e. The monoisotopic (exact) mass is 348 g/mol. The van der Waals surface area contributed by atoms with Gasteiger partial charge in [0.15, 0.2) is 0 Å². The average Bonchev–Trinajstić information content (AvgIpc) is 2.59. The van der Waals surface area contributed by atoms with Crippen molar-refractivity contribution in [1.82, 2.24) is 5.32 Å². The van der Waals surface area contributed by atoms with E-state index >= 15 is 0 Å². The Labute approximate surface area is 146 Å². The number of hydroxylamine groups is 1. The average molecular weight is 349 g/mol. The van der Waals surface area contributed by atoms with Gasteiger partial charge in [-0.15, -0.1) is 0 Å². The minimum Gasteiger partial charge on any atom is -0.488 e. The first kappa shape index (κ1) is 18.1. The molecule has 5 nitrogen and oxygen atoms in total. The number of amides is 2. The number of urea groups is 1. The van der Waals surface area contributed by atoms with Crippen LogP contribution in [0.4, 0.5) is 10.5 Å². The molecule has 24 heavy (non-hydrogen) atoms. The molecule has 0 saturated heterocycles. The third-order valence-electron chi connectivity index (χ3n) is 3.75. The molecular weight excluding hydrogens is 328 g/mol. The fourth-order valence-electron chi connectivity index (χ4n) is 2.35. The topological polar surface area (TPSA) is 61.8 Å². The van der Waals surface area contributed by atoms with Gasteiger partial charge in [0.1, 0.15) is 12.4 Å². The van der Waals surface area contributed by atoms with Crippen LogP contribution < -0.4 is 15.1 Å². The highest BCUT2D eigenvalue weighted by Gasteiger charge is 2.18. The van der Waals surface area contributed by atoms with E-state index in [1.54, 1.807) is 18.2 Å². The Hall–Kier alpha value is -2.24. The normalized spacial score (nSPS) is 10.4. The number of nitrogens with zero attached hydrogens (tertiary/aromatic N) is 1. The summed E-state index contributed by atoms with van der Waals surface area (Å²) in [5.41, 5.74) is 3.07. The maximum absolute atomic E-state index is 11.7. The molecule has 2 amide bonds. The van der Waals surface area contributed by atoms with E-state index in [4.69, 9.17) is 16.3 Å². The molecule has 0 aliphatic carbocycles. The SMILES string of the molecule is CCc1ccc(OCc2c(Cl)cccc2N(O)C(=O)NC)c(C)c1. The van der Waals surface area contributed by atoms with Gasteiger partial charge in [0.05, 0.1) is 5.69 Å². The molecule has 0 heterocycles. The summed E-state index contributed by atoms with van der Waals surface area (Å²) in [4.78, 5) is 11.7. The van der Waals surface area contributed by atoms with Gasteiger partial charge < -0.3 is 10.1 Å². The summed E-state index contributed by atoms with van der Waals surface area (Å²) in [6, 6.07) is 10.3. The highest BCUT2D eigenvalue weighted by atomic mass is 35.5. The van der Waals surface area contributed by atoms with Crippen molar-refractivity contribution in [2.75, 3.05) is 12.1 Å². The Balaban J connectivity index is 2.25. The first-order valence-electron chi connectivity index (χ1n) is 7.68. The van der Waals surface area contributed by atoms with Crippen LogP contribution in [0.25, 0.3) is 0 Å². The molecule has 0 saturated carbocycles. The van der Waals surface area contributed by atoms with Crippen LogP contribution in [0.2, 0.25) is 5.02 Å². The molecular formula is C18H21ClN2O3. The fourth-order valence-corrected chi connectivity index (χ4v) is 2.57. The lowest BCUT2D eigenvalue weighted by Gasteiger charge is -2.19. The fraction of sp³-hybridized carbons (Fsp3) is 0.278. The van der Waals surface area contributed by atoms with Crippen molar-refractivity contribution in [3.8, 4) is 5.75 Å². The molecule has 2 rings (SSSR count). The standard InChI is InChI=1S/C18H21ClN2O3/c1-4-13-8-9-17(12(2)10-13)24-11-14-15(19)6-5-7-16(14)21(23)18(22)20-3/h5-10,23H,4,11H2,1-3H3,(H,20,22). The summed E-state index contributed by atoms with van der Waals surface area (Å²) in [6.07, 6.45) is 0.960. The third-order valence-corrected chi connectivity index (χ3v) is 4.10. The van der Waals surface area contributed by atoms with Gasteiger partial charge in [-0.25, -0.2) is 4.79 Å². The molecule has 0 aliphatic heterocycles. The molecule has 0 aromatic heterocycles. The van der Waals surface area contributed by atoms with Gasteiger partial charge in [-0.05, 0) is 42.7 Å². The molecule has 0 fully saturated rings. The Morgan fingerprint density at radius 3 is 2.71 bits per heavy atom. The summed E-state index contributed by atoms with van der Waals surface area (Å²) < 4.78 is 5.85. The van der Waals surface area contributed by atoms with Crippen molar-refractivity contribution in [2.45, 2.75) is 26.9 Å². The summed E-state index contributed by atoms with van der Waals surface area (Å²) in [7, 11) is 1.44. The van der Waals surface area contributed by atoms with Crippen molar-refractivity contribution in [2.24, 2.45) is 0 Å². The molecule has 2 aromatic carbocycles. The predicted molar refractivity (Wildman–Crippen MR) is 95.1 cm³/mol. The van der Waals surface area contributed by atoms with Gasteiger partial charge in [0.25, 0.3) is 0 Å². The van der Waals surface area contributed by atoms with Crippen molar-refractivity contribution >= 4 is 23.3 Å². The van der Waals surface area contributed by atoms with Crippen LogP contribution in [0.5, 0.6) is 5.75 Å². The number of halogens is 1. The lowest BCUT2D eigenvalue weighted by molar-refractivity contribution is 0.205. The lowest BCUT2D eigenvalue weighted by Crippen LogP contribution is -2.36. The molecule has 0 atom stereocenters. The number of anilines is 1. The summed E-state index contributed by atoms with van der Waals surface area (Å²) in [5.74, 6) is 0.738. The summed E-state index contributed by atoms with van der Waals surface area (Å²) in [6.45, 7) is 4.21. The first-order chi connectivity index (χ1) is 11.5. The molecule has 128 valence electrons. The highest BCUT2D eigenvalue weighted by Crippen LogP contribution is 2.29. The van der Waals surface area contributed by atoms with Gasteiger partial charge in [0.2, 0.25) is 0 Å². The molecule has 2 N–H and O–H groups in total. The van der Waals surface area contributed by atoms with Crippen LogP contribution in [-0.2, 0) is 13.0 Å². The van der Waals surface area contributed by atoms with E-state index in [1.807, 2.05) is 19.1 Å². The molecule has 0 bridgehead atoms. The van der Waals surface area contributed by atoms with Crippen molar-refractivity contribution < 1.29 is 14.7 Å². The van der Waals surface area contributed by atoms with E-state index in [9.17, 15) is 10.0 Å². The van der Waals surface area contributed by atoms with Crippen LogP contribution in [0.1, 0.15) is 23.6 Å². The van der Waals surface area contributed by atoms with E-state index < -0.39 is 6.03 Å². The minimum atomic E-state index is -0.651. The summed E-state index contributed by atoms with van der Waals surface area (Å²) >= 11 is 6.23. The quantitative estimate of drug-likeness (QED) is 0.624. The maximum atomic E-state index is 11.7. The van der Waals surface area contributed by atoms with E-state index in [2.05, 4.69) is 18.3 Å². The Morgan fingerprint density at radius 2 is 2.08 bits per heavy atom. The van der Waals surface area contributed by atoms with Crippen molar-refractivity contribution in [3.63, 3.8) is 0 Å². The van der Waals surface area contributed by atoms with Crippen LogP contribution in [0.15, 0.2) is 36.4 Å². The zero-order valence-electron chi connectivity index (χ0n) is 14.0. The molecule has 0 aliphatic rings. The maximum Gasteiger partial charge on any atom is 0.345 e. The second kappa shape index (κ2) is 8.04. The second-order valence-corrected chi connectivity index (χ2v) is 5.75. The van der Waals surface area contributed by atoms with E-state index in [0.717, 1.165) is 17.7 Å². The Morgan fingerprint density at radius 1 is 1.33 bits per heavy atom. The molecule has 0 radical (unpaired) electrons. The number of hydrogen-bond acceptors (Lipinski definition) is 3. The largest absolute Gasteiger partial charge is 0.488 e. The number of carbonyl (C=O) groups is 1. The zero-order valence-corrected chi connectivity index (χ0v) is 14.7. The molecule has 0 spiro atoms. The molecule has 6 heteroatoms. The van der Waals surface area contributed by atoms with Crippen molar-refractivity contribution in [1.29, 1.82) is 0 Å². The van der Waals surface area contributed by atoms with Gasteiger partial charge in [-0.2, -0.15) is 5.06 Å². The number of rotatable bonds is 5. The first-order valence-corrected chi connectivity index (χ1v) is 8.06. The number of benzene rings is 2.